The molecule has 1 aliphatic heterocycles. The lowest BCUT2D eigenvalue weighted by molar-refractivity contribution is -0.119. The Labute approximate surface area is 139 Å². The van der Waals surface area contributed by atoms with E-state index in [1.807, 2.05) is 31.2 Å². The molecule has 2 rings (SSSR count). The summed E-state index contributed by atoms with van der Waals surface area (Å²) in [5.74, 6) is -0.0963. The first kappa shape index (κ1) is 17.4. The third-order valence-corrected chi connectivity index (χ3v) is 5.84. The van der Waals surface area contributed by atoms with Crippen LogP contribution in [0.4, 0.5) is 0 Å². The first-order valence-corrected chi connectivity index (χ1v) is 9.36. The molecule has 0 spiro atoms. The van der Waals surface area contributed by atoms with Gasteiger partial charge in [0.25, 0.3) is 0 Å². The predicted octanol–water partition coefficient (Wildman–Crippen LogP) is 2.84. The van der Waals surface area contributed by atoms with Crippen LogP contribution in [-0.4, -0.2) is 34.3 Å². The minimum Gasteiger partial charge on any atom is -0.381 e. The van der Waals surface area contributed by atoms with Crippen molar-refractivity contribution in [2.24, 2.45) is 0 Å². The van der Waals surface area contributed by atoms with Crippen LogP contribution >= 0.6 is 11.6 Å². The zero-order chi connectivity index (χ0) is 15.9. The number of halogens is 1. The minimum absolute atomic E-state index is 0.0642. The van der Waals surface area contributed by atoms with Gasteiger partial charge in [-0.25, -0.2) is 0 Å². The molecule has 0 radical (unpaired) electrons. The van der Waals surface area contributed by atoms with Gasteiger partial charge in [-0.1, -0.05) is 30.7 Å². The summed E-state index contributed by atoms with van der Waals surface area (Å²) in [6.07, 6.45) is 2.32. The number of amides is 1. The average Bonchev–Trinajstić information content (AvgIpc) is 2.54. The Kier molecular flexibility index (Phi) is 6.86. The molecule has 0 saturated carbocycles. The van der Waals surface area contributed by atoms with E-state index >= 15 is 0 Å². The van der Waals surface area contributed by atoms with Crippen molar-refractivity contribution in [3.63, 3.8) is 0 Å². The van der Waals surface area contributed by atoms with Gasteiger partial charge in [0, 0.05) is 34.3 Å². The molecule has 1 saturated heterocycles. The van der Waals surface area contributed by atoms with Crippen LogP contribution in [0.15, 0.2) is 24.3 Å². The molecule has 22 heavy (non-hydrogen) atoms. The molecule has 1 N–H and O–H groups in total. The lowest BCUT2D eigenvalue weighted by Gasteiger charge is -2.22. The van der Waals surface area contributed by atoms with Gasteiger partial charge >= 0.3 is 0 Å². The summed E-state index contributed by atoms with van der Waals surface area (Å²) >= 11 is 5.88. The van der Waals surface area contributed by atoms with Crippen LogP contribution in [0.1, 0.15) is 37.8 Å². The van der Waals surface area contributed by atoms with E-state index in [1.165, 1.54) is 0 Å². The zero-order valence-corrected chi connectivity index (χ0v) is 14.3. The first-order chi connectivity index (χ1) is 10.6. The fourth-order valence-corrected chi connectivity index (χ4v) is 3.96. The highest BCUT2D eigenvalue weighted by molar-refractivity contribution is 7.86. The average molecular weight is 344 g/mol. The molecule has 0 bridgehead atoms. The second-order valence-corrected chi connectivity index (χ2v) is 7.57. The van der Waals surface area contributed by atoms with Gasteiger partial charge in [0.15, 0.2) is 0 Å². The van der Waals surface area contributed by atoms with Gasteiger partial charge in [-0.3, -0.25) is 9.00 Å². The molecule has 1 aromatic rings. The van der Waals surface area contributed by atoms with Crippen molar-refractivity contribution in [3.05, 3.63) is 34.9 Å². The lowest BCUT2D eigenvalue weighted by atomic mass is 10.0. The summed E-state index contributed by atoms with van der Waals surface area (Å²) in [6.45, 7) is 3.29. The van der Waals surface area contributed by atoms with Crippen molar-refractivity contribution < 1.29 is 13.7 Å². The second-order valence-electron chi connectivity index (χ2n) is 5.42. The van der Waals surface area contributed by atoms with Crippen LogP contribution in [0.3, 0.4) is 0 Å². The van der Waals surface area contributed by atoms with Crippen LogP contribution in [0.5, 0.6) is 0 Å². The summed E-state index contributed by atoms with van der Waals surface area (Å²) in [5, 5.41) is 3.72. The van der Waals surface area contributed by atoms with E-state index in [9.17, 15) is 9.00 Å². The number of carbonyl (C=O) groups excluding carboxylic acids is 1. The Bertz CT molecular complexity index is 515. The molecule has 0 unspecified atom stereocenters. The van der Waals surface area contributed by atoms with Crippen molar-refractivity contribution in [2.75, 3.05) is 19.0 Å². The quantitative estimate of drug-likeness (QED) is 0.864. The maximum Gasteiger partial charge on any atom is 0.233 e. The fraction of sp³-hybridized carbons (Fsp3) is 0.562. The molecule has 2 atom stereocenters. The Hall–Kier alpha value is -0.910. The van der Waals surface area contributed by atoms with E-state index in [0.29, 0.717) is 18.2 Å². The molecular formula is C16H22ClNO3S. The van der Waals surface area contributed by atoms with Gasteiger partial charge < -0.3 is 10.1 Å². The van der Waals surface area contributed by atoms with Crippen molar-refractivity contribution in [1.29, 1.82) is 0 Å². The maximum atomic E-state index is 12.2. The van der Waals surface area contributed by atoms with Crippen LogP contribution in [0.25, 0.3) is 0 Å². The molecule has 1 amide bonds. The molecule has 122 valence electrons. The molecule has 6 heteroatoms. The van der Waals surface area contributed by atoms with Crippen molar-refractivity contribution in [2.45, 2.75) is 37.5 Å². The van der Waals surface area contributed by atoms with Crippen LogP contribution in [0, 0.1) is 0 Å². The summed E-state index contributed by atoms with van der Waals surface area (Å²) in [7, 11) is -1.13. The van der Waals surface area contributed by atoms with Gasteiger partial charge in [0.2, 0.25) is 5.91 Å². The lowest BCUT2D eigenvalue weighted by Crippen LogP contribution is -2.35. The van der Waals surface area contributed by atoms with Gasteiger partial charge in [0.1, 0.15) is 5.75 Å². The predicted molar refractivity (Wildman–Crippen MR) is 89.5 cm³/mol. The van der Waals surface area contributed by atoms with Crippen LogP contribution < -0.4 is 5.32 Å². The Morgan fingerprint density at radius 3 is 2.59 bits per heavy atom. The third-order valence-electron chi connectivity index (χ3n) is 3.83. The number of hydrogen-bond donors (Lipinski definition) is 1. The van der Waals surface area contributed by atoms with E-state index in [4.69, 9.17) is 16.3 Å². The maximum absolute atomic E-state index is 12.2. The van der Waals surface area contributed by atoms with E-state index in [1.54, 1.807) is 0 Å². The molecular weight excluding hydrogens is 322 g/mol. The number of ether oxygens (including phenoxy) is 1. The molecule has 1 fully saturated rings. The minimum atomic E-state index is -1.13. The SMILES string of the molecule is CC[C@@H](NC(=O)C[S@](=O)C1CCOCC1)c1ccc(Cl)cc1. The van der Waals surface area contributed by atoms with Gasteiger partial charge in [-0.05, 0) is 37.0 Å². The highest BCUT2D eigenvalue weighted by atomic mass is 35.5. The van der Waals surface area contributed by atoms with Crippen molar-refractivity contribution >= 4 is 28.3 Å². The standard InChI is InChI=1S/C16H22ClNO3S/c1-2-15(12-3-5-13(17)6-4-12)18-16(19)11-22(20)14-7-9-21-10-8-14/h3-6,14-15H,2,7-11H2,1H3,(H,18,19)/t15-,22+/m1/s1. The Morgan fingerprint density at radius 1 is 1.36 bits per heavy atom. The number of hydrogen-bond acceptors (Lipinski definition) is 3. The van der Waals surface area contributed by atoms with Gasteiger partial charge in [-0.15, -0.1) is 0 Å². The first-order valence-electron chi connectivity index (χ1n) is 7.60. The third kappa shape index (κ3) is 5.07. The van der Waals surface area contributed by atoms with E-state index < -0.39 is 10.8 Å². The number of nitrogens with one attached hydrogen (secondary N) is 1. The van der Waals surface area contributed by atoms with E-state index in [-0.39, 0.29) is 23.0 Å². The summed E-state index contributed by atoms with van der Waals surface area (Å²) in [5.41, 5.74) is 1.01. The normalized spacial score (nSPS) is 18.6. The largest absolute Gasteiger partial charge is 0.381 e. The summed E-state index contributed by atoms with van der Waals surface area (Å²) in [4.78, 5) is 12.1. The van der Waals surface area contributed by atoms with Gasteiger partial charge in [-0.2, -0.15) is 0 Å². The van der Waals surface area contributed by atoms with Crippen molar-refractivity contribution in [3.8, 4) is 0 Å². The molecule has 1 aromatic carbocycles. The van der Waals surface area contributed by atoms with Crippen LogP contribution in [-0.2, 0) is 20.3 Å². The molecule has 4 nitrogen and oxygen atoms in total. The smallest absolute Gasteiger partial charge is 0.233 e. The number of benzene rings is 1. The molecule has 1 heterocycles. The zero-order valence-electron chi connectivity index (χ0n) is 12.7. The van der Waals surface area contributed by atoms with Crippen LogP contribution in [0.2, 0.25) is 5.02 Å². The number of carbonyl (C=O) groups is 1. The molecule has 0 aliphatic carbocycles. The highest BCUT2D eigenvalue weighted by Crippen LogP contribution is 2.19. The number of rotatable bonds is 6. The second kappa shape index (κ2) is 8.65. The fourth-order valence-electron chi connectivity index (χ4n) is 2.54. The highest BCUT2D eigenvalue weighted by Gasteiger charge is 2.23. The topological polar surface area (TPSA) is 55.4 Å². The monoisotopic (exact) mass is 343 g/mol. The molecule has 1 aliphatic rings. The summed E-state index contributed by atoms with van der Waals surface area (Å²) in [6, 6.07) is 7.37. The Morgan fingerprint density at radius 2 is 2.00 bits per heavy atom. The molecule has 0 aromatic heterocycles. The van der Waals surface area contributed by atoms with E-state index in [2.05, 4.69) is 5.32 Å². The van der Waals surface area contributed by atoms with E-state index in [0.717, 1.165) is 24.8 Å². The Balaban J connectivity index is 1.88. The summed E-state index contributed by atoms with van der Waals surface area (Å²) < 4.78 is 17.5. The van der Waals surface area contributed by atoms with Crippen molar-refractivity contribution in [1.82, 2.24) is 5.32 Å². The van der Waals surface area contributed by atoms with Gasteiger partial charge in [0.05, 0.1) is 6.04 Å².